The Morgan fingerprint density at radius 2 is 1.72 bits per heavy atom. The van der Waals surface area contributed by atoms with Crippen LogP contribution in [0.3, 0.4) is 0 Å². The van der Waals surface area contributed by atoms with Crippen molar-refractivity contribution < 1.29 is 4.79 Å². The van der Waals surface area contributed by atoms with E-state index in [-0.39, 0.29) is 5.91 Å². The number of carbonyl (C=O) groups excluding carboxylic acids is 1. The Labute approximate surface area is 229 Å². The molecule has 2 fully saturated rings. The molecule has 2 atom stereocenters. The predicted octanol–water partition coefficient (Wildman–Crippen LogP) is 5.83. The standard InChI is InChI=1S/C32H32N6O/c1-20-18-38(19-21(2)37(20)3)29-14-13-25(16-34-29)36-32(39)28-17-35-31-26(23-9-7-22(15-33)8-10-23)5-4-6-27(31)30(28)24-11-12-24/h4-10,13-14,16-17,20-21,24H,11-12,18-19H2,1-3H3,(H,36,39). The number of pyridine rings is 2. The van der Waals surface area contributed by atoms with Gasteiger partial charge in [0.2, 0.25) is 0 Å². The van der Waals surface area contributed by atoms with E-state index in [4.69, 9.17) is 10.2 Å². The first kappa shape index (κ1) is 25.0. The fourth-order valence-electron chi connectivity index (χ4n) is 5.63. The Kier molecular flexibility index (Phi) is 6.49. The van der Waals surface area contributed by atoms with E-state index in [0.29, 0.717) is 34.8 Å². The molecule has 0 radical (unpaired) electrons. The second-order valence-corrected chi connectivity index (χ2v) is 10.9. The van der Waals surface area contributed by atoms with E-state index in [9.17, 15) is 4.79 Å². The second-order valence-electron chi connectivity index (χ2n) is 10.9. The molecule has 196 valence electrons. The Hall–Kier alpha value is -4.28. The van der Waals surface area contributed by atoms with E-state index in [1.165, 1.54) is 0 Å². The molecular weight excluding hydrogens is 484 g/mol. The lowest BCUT2D eigenvalue weighted by molar-refractivity contribution is 0.102. The number of nitrogens with one attached hydrogen (secondary N) is 1. The molecule has 1 amide bonds. The van der Waals surface area contributed by atoms with Crippen LogP contribution < -0.4 is 10.2 Å². The van der Waals surface area contributed by atoms with Crippen LogP contribution in [0.1, 0.15) is 54.1 Å². The van der Waals surface area contributed by atoms with Crippen molar-refractivity contribution in [3.63, 3.8) is 0 Å². The van der Waals surface area contributed by atoms with E-state index < -0.39 is 0 Å². The summed E-state index contributed by atoms with van der Waals surface area (Å²) in [5.74, 6) is 1.13. The summed E-state index contributed by atoms with van der Waals surface area (Å²) in [6.07, 6.45) is 5.60. The number of piperazine rings is 1. The summed E-state index contributed by atoms with van der Waals surface area (Å²) in [6.45, 7) is 6.33. The van der Waals surface area contributed by atoms with Crippen molar-refractivity contribution in [1.29, 1.82) is 5.26 Å². The van der Waals surface area contributed by atoms with Crippen LogP contribution in [0.5, 0.6) is 0 Å². The molecular formula is C32H32N6O. The van der Waals surface area contributed by atoms with E-state index >= 15 is 0 Å². The summed E-state index contributed by atoms with van der Waals surface area (Å²) in [5.41, 5.74) is 5.86. The quantitative estimate of drug-likeness (QED) is 0.359. The first-order valence-corrected chi connectivity index (χ1v) is 13.6. The van der Waals surface area contributed by atoms with Crippen LogP contribution in [0.15, 0.2) is 67.0 Å². The minimum Gasteiger partial charge on any atom is -0.354 e. The van der Waals surface area contributed by atoms with Crippen LogP contribution >= 0.6 is 0 Å². The van der Waals surface area contributed by atoms with E-state index in [2.05, 4.69) is 53.1 Å². The van der Waals surface area contributed by atoms with Gasteiger partial charge < -0.3 is 10.2 Å². The topological polar surface area (TPSA) is 85.2 Å². The van der Waals surface area contributed by atoms with E-state index in [0.717, 1.165) is 59.3 Å². The summed E-state index contributed by atoms with van der Waals surface area (Å²) in [7, 11) is 2.17. The molecule has 2 aromatic heterocycles. The molecule has 7 nitrogen and oxygen atoms in total. The third-order valence-electron chi connectivity index (χ3n) is 8.18. The Bertz CT molecular complexity index is 1560. The lowest BCUT2D eigenvalue weighted by Gasteiger charge is -2.43. The Morgan fingerprint density at radius 3 is 2.36 bits per heavy atom. The van der Waals surface area contributed by atoms with Crippen molar-refractivity contribution in [3.05, 3.63) is 83.7 Å². The average Bonchev–Trinajstić information content (AvgIpc) is 3.80. The number of aromatic nitrogens is 2. The van der Waals surface area contributed by atoms with Crippen LogP contribution in [-0.4, -0.2) is 53.0 Å². The number of amides is 1. The molecule has 0 bridgehead atoms. The van der Waals surface area contributed by atoms with Crippen molar-refractivity contribution in [1.82, 2.24) is 14.9 Å². The van der Waals surface area contributed by atoms with E-state index in [1.54, 1.807) is 12.4 Å². The maximum atomic E-state index is 13.5. The summed E-state index contributed by atoms with van der Waals surface area (Å²) in [4.78, 5) is 27.7. The van der Waals surface area contributed by atoms with E-state index in [1.807, 2.05) is 48.5 Å². The van der Waals surface area contributed by atoms with Gasteiger partial charge in [0, 0.05) is 42.3 Å². The number of nitrogens with zero attached hydrogens (tertiary/aromatic N) is 5. The molecule has 1 aliphatic heterocycles. The first-order chi connectivity index (χ1) is 18.9. The fourth-order valence-corrected chi connectivity index (χ4v) is 5.63. The highest BCUT2D eigenvalue weighted by Crippen LogP contribution is 2.45. The van der Waals surface area contributed by atoms with Crippen LogP contribution in [-0.2, 0) is 0 Å². The van der Waals surface area contributed by atoms with Crippen LogP contribution in [0.25, 0.3) is 22.0 Å². The highest BCUT2D eigenvalue weighted by molar-refractivity contribution is 6.09. The van der Waals surface area contributed by atoms with Gasteiger partial charge in [-0.25, -0.2) is 4.98 Å². The van der Waals surface area contributed by atoms with Crippen molar-refractivity contribution in [3.8, 4) is 17.2 Å². The lowest BCUT2D eigenvalue weighted by Crippen LogP contribution is -2.55. The highest BCUT2D eigenvalue weighted by atomic mass is 16.1. The number of fused-ring (bicyclic) bond motifs is 1. The normalized spacial score (nSPS) is 19.6. The Morgan fingerprint density at radius 1 is 0.974 bits per heavy atom. The van der Waals surface area contributed by atoms with Crippen LogP contribution in [0.2, 0.25) is 0 Å². The van der Waals surface area contributed by atoms with Crippen LogP contribution in [0.4, 0.5) is 11.5 Å². The molecule has 2 aliphatic rings. The minimum atomic E-state index is -0.161. The zero-order valence-corrected chi connectivity index (χ0v) is 22.6. The number of rotatable bonds is 5. The molecule has 2 aromatic carbocycles. The molecule has 1 N–H and O–H groups in total. The third-order valence-corrected chi connectivity index (χ3v) is 8.18. The maximum absolute atomic E-state index is 13.5. The summed E-state index contributed by atoms with van der Waals surface area (Å²) in [6, 6.07) is 20.7. The second kappa shape index (κ2) is 10.1. The van der Waals surface area contributed by atoms with Gasteiger partial charge in [-0.1, -0.05) is 30.3 Å². The van der Waals surface area contributed by atoms with Gasteiger partial charge in [-0.15, -0.1) is 0 Å². The summed E-state index contributed by atoms with van der Waals surface area (Å²) < 4.78 is 0. The number of hydrogen-bond acceptors (Lipinski definition) is 6. The van der Waals surface area contributed by atoms with Gasteiger partial charge >= 0.3 is 0 Å². The number of anilines is 2. The smallest absolute Gasteiger partial charge is 0.257 e. The number of hydrogen-bond donors (Lipinski definition) is 1. The van der Waals surface area contributed by atoms with Crippen molar-refractivity contribution in [2.24, 2.45) is 0 Å². The van der Waals surface area contributed by atoms with Gasteiger partial charge in [-0.05, 0) is 75.0 Å². The zero-order valence-electron chi connectivity index (χ0n) is 22.6. The van der Waals surface area contributed by atoms with Gasteiger partial charge in [-0.3, -0.25) is 14.7 Å². The highest BCUT2D eigenvalue weighted by Gasteiger charge is 2.31. The molecule has 1 saturated heterocycles. The maximum Gasteiger partial charge on any atom is 0.257 e. The van der Waals surface area contributed by atoms with Crippen molar-refractivity contribution in [2.45, 2.75) is 44.7 Å². The minimum absolute atomic E-state index is 0.161. The van der Waals surface area contributed by atoms with Gasteiger partial charge in [0.05, 0.1) is 34.6 Å². The van der Waals surface area contributed by atoms with Crippen LogP contribution in [0, 0.1) is 11.3 Å². The van der Waals surface area contributed by atoms with Gasteiger partial charge in [0.1, 0.15) is 5.82 Å². The molecule has 2 unspecified atom stereocenters. The average molecular weight is 517 g/mol. The summed E-state index contributed by atoms with van der Waals surface area (Å²) in [5, 5.41) is 13.2. The molecule has 1 aliphatic carbocycles. The van der Waals surface area contributed by atoms with Gasteiger partial charge in [-0.2, -0.15) is 5.26 Å². The van der Waals surface area contributed by atoms with Gasteiger partial charge in [0.15, 0.2) is 0 Å². The number of para-hydroxylation sites is 1. The zero-order chi connectivity index (χ0) is 27.1. The SMILES string of the molecule is CC1CN(c2ccc(NC(=O)c3cnc4c(-c5ccc(C#N)cc5)cccc4c3C3CC3)cn2)CC(C)N1C. The van der Waals surface area contributed by atoms with Crippen molar-refractivity contribution >= 4 is 28.3 Å². The molecule has 1 saturated carbocycles. The largest absolute Gasteiger partial charge is 0.354 e. The first-order valence-electron chi connectivity index (χ1n) is 13.6. The van der Waals surface area contributed by atoms with Gasteiger partial charge in [0.25, 0.3) is 5.91 Å². The molecule has 0 spiro atoms. The van der Waals surface area contributed by atoms with Crippen molar-refractivity contribution in [2.75, 3.05) is 30.4 Å². The molecule has 39 heavy (non-hydrogen) atoms. The lowest BCUT2D eigenvalue weighted by atomic mass is 9.94. The molecule has 3 heterocycles. The predicted molar refractivity (Wildman–Crippen MR) is 155 cm³/mol. The molecule has 7 heteroatoms. The summed E-state index contributed by atoms with van der Waals surface area (Å²) >= 11 is 0. The third kappa shape index (κ3) is 4.84. The monoisotopic (exact) mass is 516 g/mol. The number of benzene rings is 2. The number of likely N-dealkylation sites (N-methyl/N-ethyl adjacent to an activating group) is 1. The number of nitriles is 1. The number of carbonyl (C=O) groups is 1. The fraction of sp³-hybridized carbons (Fsp3) is 0.312. The molecule has 4 aromatic rings. The molecule has 6 rings (SSSR count). The Balaban J connectivity index is 1.27.